The van der Waals surface area contributed by atoms with Crippen LogP contribution in [0.15, 0.2) is 24.3 Å². The minimum absolute atomic E-state index is 0.132. The van der Waals surface area contributed by atoms with E-state index in [1.807, 2.05) is 36.1 Å². The van der Waals surface area contributed by atoms with E-state index in [0.29, 0.717) is 38.8 Å². The van der Waals surface area contributed by atoms with E-state index in [1.165, 1.54) is 0 Å². The first kappa shape index (κ1) is 24.1. The number of carbonyl (C=O) groups is 1. The van der Waals surface area contributed by atoms with E-state index in [2.05, 4.69) is 11.4 Å². The molecule has 2 saturated carbocycles. The van der Waals surface area contributed by atoms with Crippen LogP contribution in [0, 0.1) is 24.2 Å². The van der Waals surface area contributed by atoms with Gasteiger partial charge in [-0.15, -0.1) is 11.3 Å². The summed E-state index contributed by atoms with van der Waals surface area (Å²) in [6.45, 7) is 2.57. The highest BCUT2D eigenvalue weighted by Crippen LogP contribution is 2.45. The summed E-state index contributed by atoms with van der Waals surface area (Å²) in [7, 11) is 0. The molecule has 1 unspecified atom stereocenters. The Bertz CT molecular complexity index is 1130. The Labute approximate surface area is 207 Å². The van der Waals surface area contributed by atoms with E-state index in [4.69, 9.17) is 4.98 Å². The number of carbonyl (C=O) groups excluding carboxylic acids is 1. The predicted molar refractivity (Wildman–Crippen MR) is 129 cm³/mol. The number of nitrogens with zero attached hydrogens (tertiary/aromatic N) is 3. The second kappa shape index (κ2) is 9.12. The van der Waals surface area contributed by atoms with Crippen molar-refractivity contribution in [3.63, 3.8) is 0 Å². The second-order valence-electron chi connectivity index (χ2n) is 10.1. The fourth-order valence-corrected chi connectivity index (χ4v) is 6.27. The molecule has 3 aliphatic rings. The smallest absolute Gasteiger partial charge is 0.251 e. The van der Waals surface area contributed by atoms with Crippen LogP contribution in [0.1, 0.15) is 61.6 Å². The van der Waals surface area contributed by atoms with E-state index < -0.39 is 23.6 Å². The lowest BCUT2D eigenvalue weighted by molar-refractivity contribution is -0.128. The van der Waals surface area contributed by atoms with Gasteiger partial charge in [-0.25, -0.2) is 18.2 Å². The minimum atomic E-state index is -2.58. The molecule has 2 heterocycles. The molecule has 0 radical (unpaired) electrons. The number of aryl methyl sites for hydroxylation is 1. The van der Waals surface area contributed by atoms with Crippen LogP contribution in [0.4, 0.5) is 18.9 Å². The van der Waals surface area contributed by atoms with E-state index in [1.54, 1.807) is 11.3 Å². The number of benzene rings is 1. The van der Waals surface area contributed by atoms with Gasteiger partial charge in [-0.3, -0.25) is 4.79 Å². The first-order valence-corrected chi connectivity index (χ1v) is 13.1. The van der Waals surface area contributed by atoms with E-state index >= 15 is 0 Å². The maximum atomic E-state index is 14.4. The Balaban J connectivity index is 1.39. The predicted octanol–water partition coefficient (Wildman–Crippen LogP) is 5.75. The van der Waals surface area contributed by atoms with Gasteiger partial charge in [-0.1, -0.05) is 12.1 Å². The summed E-state index contributed by atoms with van der Waals surface area (Å²) in [6, 6.07) is 10.0. The topological polar surface area (TPSA) is 69.0 Å². The molecule has 9 heteroatoms. The lowest BCUT2D eigenvalue weighted by atomic mass is 9.75. The van der Waals surface area contributed by atoms with Crippen molar-refractivity contribution in [3.05, 3.63) is 35.0 Å². The van der Waals surface area contributed by atoms with Crippen molar-refractivity contribution in [2.75, 3.05) is 18.0 Å². The van der Waals surface area contributed by atoms with Gasteiger partial charge in [-0.05, 0) is 56.7 Å². The number of piperidine rings is 1. The molecule has 5 nitrogen and oxygen atoms in total. The zero-order valence-corrected chi connectivity index (χ0v) is 20.5. The lowest BCUT2D eigenvalue weighted by Gasteiger charge is -2.33. The highest BCUT2D eigenvalue weighted by molar-refractivity contribution is 7.15. The van der Waals surface area contributed by atoms with Gasteiger partial charge in [-0.2, -0.15) is 5.26 Å². The molecule has 186 valence electrons. The second-order valence-corrected chi connectivity index (χ2v) is 11.3. The van der Waals surface area contributed by atoms with Gasteiger partial charge in [0, 0.05) is 43.5 Å². The third-order valence-corrected chi connectivity index (χ3v) is 8.59. The van der Waals surface area contributed by atoms with Crippen LogP contribution in [0.3, 0.4) is 0 Å². The van der Waals surface area contributed by atoms with Gasteiger partial charge in [0.1, 0.15) is 11.7 Å². The lowest BCUT2D eigenvalue weighted by Crippen LogP contribution is -2.44. The molecule has 1 aromatic heterocycles. The molecule has 0 spiro atoms. The monoisotopic (exact) mass is 502 g/mol. The fourth-order valence-electron chi connectivity index (χ4n) is 5.27. The normalized spacial score (nSPS) is 27.2. The number of nitrogens with one attached hydrogen (secondary N) is 1. The molecular weight excluding hydrogens is 473 g/mol. The first-order chi connectivity index (χ1) is 16.7. The maximum Gasteiger partial charge on any atom is 0.251 e. The fraction of sp³-hybridized carbons (Fsp3) is 0.577. The van der Waals surface area contributed by atoms with Crippen molar-refractivity contribution in [2.45, 2.75) is 75.4 Å². The average molecular weight is 503 g/mol. The van der Waals surface area contributed by atoms with E-state index in [9.17, 15) is 23.2 Å². The Morgan fingerprint density at radius 3 is 2.49 bits per heavy atom. The molecule has 1 aliphatic heterocycles. The molecule has 1 amide bonds. The highest BCUT2D eigenvalue weighted by atomic mass is 32.1. The standard InChI is InChI=1S/C26H29F3N4OS/c1-16-31-22(20-7-4-18(27)14-21(20)24(34)32-25(15-30)8-9-25)23(35-16)17-2-5-19(6-3-17)33-12-10-26(28,29)11-13-33/h2-3,5-6,18,20-21H,4,7-14H2,1H3,(H,32,34)/t18-,20+,21?/m0/s1. The molecule has 2 aliphatic carbocycles. The largest absolute Gasteiger partial charge is 0.371 e. The zero-order chi connectivity index (χ0) is 24.8. The van der Waals surface area contributed by atoms with Crippen LogP contribution in [-0.4, -0.2) is 41.6 Å². The van der Waals surface area contributed by atoms with E-state index in [0.717, 1.165) is 26.8 Å². The number of aromatic nitrogens is 1. The Hall–Kier alpha value is -2.60. The third kappa shape index (κ3) is 5.04. The van der Waals surface area contributed by atoms with Gasteiger partial charge in [0.25, 0.3) is 5.92 Å². The quantitative estimate of drug-likeness (QED) is 0.566. The van der Waals surface area contributed by atoms with Crippen molar-refractivity contribution in [1.29, 1.82) is 5.26 Å². The maximum absolute atomic E-state index is 14.4. The number of nitriles is 1. The van der Waals surface area contributed by atoms with Crippen molar-refractivity contribution in [2.24, 2.45) is 5.92 Å². The minimum Gasteiger partial charge on any atom is -0.371 e. The van der Waals surface area contributed by atoms with Crippen LogP contribution in [-0.2, 0) is 4.79 Å². The highest BCUT2D eigenvalue weighted by Gasteiger charge is 2.48. The molecular formula is C26H29F3N4OS. The SMILES string of the molecule is Cc1nc([C@@H]2CC[C@H](F)CC2C(=O)NC2(C#N)CC2)c(-c2ccc(N3CCC(F)(F)CC3)cc2)s1. The number of alkyl halides is 3. The third-order valence-electron chi connectivity index (χ3n) is 7.55. The van der Waals surface area contributed by atoms with E-state index in [-0.39, 0.29) is 31.1 Å². The van der Waals surface area contributed by atoms with Crippen molar-refractivity contribution in [3.8, 4) is 16.5 Å². The zero-order valence-electron chi connectivity index (χ0n) is 19.7. The van der Waals surface area contributed by atoms with Crippen molar-refractivity contribution in [1.82, 2.24) is 10.3 Å². The summed E-state index contributed by atoms with van der Waals surface area (Å²) in [5.74, 6) is -3.64. The Morgan fingerprint density at radius 1 is 1.17 bits per heavy atom. The number of amides is 1. The van der Waals surface area contributed by atoms with Gasteiger partial charge >= 0.3 is 0 Å². The Kier molecular flexibility index (Phi) is 6.28. The number of anilines is 1. The first-order valence-electron chi connectivity index (χ1n) is 12.3. The number of thiazole rings is 1. The van der Waals surface area contributed by atoms with Crippen molar-refractivity contribution >= 4 is 22.9 Å². The van der Waals surface area contributed by atoms with Gasteiger partial charge in [0.15, 0.2) is 0 Å². The number of rotatable bonds is 5. The molecule has 5 rings (SSSR count). The van der Waals surface area contributed by atoms with Crippen LogP contribution in [0.2, 0.25) is 0 Å². The number of hydrogen-bond donors (Lipinski definition) is 1. The molecule has 0 bridgehead atoms. The molecule has 35 heavy (non-hydrogen) atoms. The van der Waals surface area contributed by atoms with Crippen LogP contribution >= 0.6 is 11.3 Å². The van der Waals surface area contributed by atoms with Gasteiger partial charge in [0.05, 0.1) is 21.6 Å². The molecule has 3 atom stereocenters. The number of hydrogen-bond acceptors (Lipinski definition) is 5. The molecule has 1 saturated heterocycles. The molecule has 1 N–H and O–H groups in total. The van der Waals surface area contributed by atoms with Crippen LogP contribution in [0.5, 0.6) is 0 Å². The van der Waals surface area contributed by atoms with Gasteiger partial charge in [0.2, 0.25) is 5.91 Å². The molecule has 3 fully saturated rings. The summed E-state index contributed by atoms with van der Waals surface area (Å²) in [5.41, 5.74) is 1.88. The molecule has 2 aromatic rings. The summed E-state index contributed by atoms with van der Waals surface area (Å²) < 4.78 is 41.5. The Morgan fingerprint density at radius 2 is 1.86 bits per heavy atom. The summed E-state index contributed by atoms with van der Waals surface area (Å²) in [6.07, 6.45) is 0.982. The van der Waals surface area contributed by atoms with Crippen molar-refractivity contribution < 1.29 is 18.0 Å². The summed E-state index contributed by atoms with van der Waals surface area (Å²) in [4.78, 5) is 20.9. The summed E-state index contributed by atoms with van der Waals surface area (Å²) >= 11 is 1.55. The average Bonchev–Trinajstić information content (AvgIpc) is 3.51. The molecule has 1 aromatic carbocycles. The van der Waals surface area contributed by atoms with Crippen LogP contribution in [0.25, 0.3) is 10.4 Å². The number of halogens is 3. The van der Waals surface area contributed by atoms with Crippen LogP contribution < -0.4 is 10.2 Å². The van der Waals surface area contributed by atoms with Gasteiger partial charge < -0.3 is 10.2 Å². The summed E-state index contributed by atoms with van der Waals surface area (Å²) in [5, 5.41) is 13.1.